The molecule has 1 aliphatic rings. The second-order valence-electron chi connectivity index (χ2n) is 6.95. The number of nitrogens with one attached hydrogen (secondary N) is 2. The third-order valence-electron chi connectivity index (χ3n) is 4.78. The van der Waals surface area contributed by atoms with Crippen LogP contribution in [0.5, 0.6) is 11.5 Å². The highest BCUT2D eigenvalue weighted by molar-refractivity contribution is 7.92. The van der Waals surface area contributed by atoms with Gasteiger partial charge in [-0.3, -0.25) is 9.52 Å². The average Bonchev–Trinajstić information content (AvgIpc) is 2.79. The van der Waals surface area contributed by atoms with Crippen LogP contribution in [0, 0.1) is 0 Å². The van der Waals surface area contributed by atoms with E-state index in [2.05, 4.69) is 10.0 Å². The highest BCUT2D eigenvalue weighted by Crippen LogP contribution is 2.33. The molecule has 1 aliphatic heterocycles. The molecule has 0 saturated carbocycles. The molecule has 0 bridgehead atoms. The molecule has 0 fully saturated rings. The average molecular weight is 439 g/mol. The maximum atomic E-state index is 12.9. The van der Waals surface area contributed by atoms with Gasteiger partial charge in [-0.05, 0) is 36.2 Å². The minimum absolute atomic E-state index is 0.0241. The fourth-order valence-corrected chi connectivity index (χ4v) is 4.32. The van der Waals surface area contributed by atoms with E-state index in [9.17, 15) is 13.2 Å². The van der Waals surface area contributed by atoms with E-state index in [4.69, 9.17) is 9.47 Å². The van der Waals surface area contributed by atoms with Crippen molar-refractivity contribution in [2.24, 2.45) is 0 Å². The van der Waals surface area contributed by atoms with Crippen LogP contribution in [-0.2, 0) is 16.4 Å². The third kappa shape index (κ3) is 4.97. The van der Waals surface area contributed by atoms with Crippen LogP contribution in [0.4, 0.5) is 5.69 Å². The van der Waals surface area contributed by atoms with Gasteiger partial charge in [0.15, 0.2) is 11.5 Å². The smallest absolute Gasteiger partial charge is 0.262 e. The minimum Gasteiger partial charge on any atom is -0.486 e. The highest BCUT2D eigenvalue weighted by atomic mass is 32.2. The summed E-state index contributed by atoms with van der Waals surface area (Å²) in [4.78, 5) is 12.7. The van der Waals surface area contributed by atoms with Gasteiger partial charge in [0.25, 0.3) is 15.9 Å². The van der Waals surface area contributed by atoms with E-state index in [0.717, 1.165) is 5.56 Å². The number of hydrogen-bond acceptors (Lipinski definition) is 5. The molecule has 3 aromatic carbocycles. The first-order chi connectivity index (χ1) is 15.0. The first-order valence-corrected chi connectivity index (χ1v) is 11.3. The van der Waals surface area contributed by atoms with Gasteiger partial charge < -0.3 is 14.8 Å². The number of para-hydroxylation sites is 1. The SMILES string of the molecule is O=C(NCCc1ccccc1)c1ccccc1NS(=O)(=O)c1ccc2c(c1)OCCO2. The Morgan fingerprint density at radius 1 is 0.871 bits per heavy atom. The van der Waals surface area contributed by atoms with Crippen LogP contribution < -0.4 is 19.5 Å². The molecule has 0 atom stereocenters. The third-order valence-corrected chi connectivity index (χ3v) is 6.15. The molecule has 0 radical (unpaired) electrons. The van der Waals surface area contributed by atoms with Crippen LogP contribution in [-0.4, -0.2) is 34.1 Å². The lowest BCUT2D eigenvalue weighted by atomic mass is 10.1. The van der Waals surface area contributed by atoms with E-state index >= 15 is 0 Å². The number of carbonyl (C=O) groups is 1. The fourth-order valence-electron chi connectivity index (χ4n) is 3.22. The van der Waals surface area contributed by atoms with Gasteiger partial charge in [-0.25, -0.2) is 8.42 Å². The molecule has 0 aromatic heterocycles. The predicted molar refractivity (Wildman–Crippen MR) is 117 cm³/mol. The topological polar surface area (TPSA) is 93.7 Å². The molecule has 0 saturated heterocycles. The van der Waals surface area contributed by atoms with Gasteiger partial charge in [-0.1, -0.05) is 42.5 Å². The highest BCUT2D eigenvalue weighted by Gasteiger charge is 2.21. The Bertz CT molecular complexity index is 1180. The molecule has 3 aromatic rings. The van der Waals surface area contributed by atoms with Gasteiger partial charge >= 0.3 is 0 Å². The first-order valence-electron chi connectivity index (χ1n) is 9.86. The van der Waals surface area contributed by atoms with Crippen LogP contribution in [0.2, 0.25) is 0 Å². The van der Waals surface area contributed by atoms with Gasteiger partial charge in [-0.2, -0.15) is 0 Å². The van der Waals surface area contributed by atoms with Crippen LogP contribution in [0.3, 0.4) is 0 Å². The standard InChI is InChI=1S/C23H22N2O5S/c26-23(24-13-12-17-6-2-1-3-7-17)19-8-4-5-9-20(19)25-31(27,28)18-10-11-21-22(16-18)30-15-14-29-21/h1-11,16,25H,12-15H2,(H,24,26). The Morgan fingerprint density at radius 2 is 1.58 bits per heavy atom. The molecule has 4 rings (SSSR count). The summed E-state index contributed by atoms with van der Waals surface area (Å²) in [5, 5.41) is 2.84. The molecule has 7 nitrogen and oxygen atoms in total. The fraction of sp³-hybridized carbons (Fsp3) is 0.174. The molecule has 0 unspecified atom stereocenters. The van der Waals surface area contributed by atoms with Crippen molar-refractivity contribution in [3.05, 3.63) is 83.9 Å². The summed E-state index contributed by atoms with van der Waals surface area (Å²) in [5.74, 6) is 0.529. The summed E-state index contributed by atoms with van der Waals surface area (Å²) in [6.45, 7) is 1.21. The van der Waals surface area contributed by atoms with Gasteiger partial charge in [0, 0.05) is 12.6 Å². The van der Waals surface area contributed by atoms with E-state index in [1.165, 1.54) is 12.1 Å². The number of fused-ring (bicyclic) bond motifs is 1. The largest absolute Gasteiger partial charge is 0.486 e. The zero-order valence-corrected chi connectivity index (χ0v) is 17.5. The summed E-state index contributed by atoms with van der Waals surface area (Å²) in [7, 11) is -3.93. The Kier molecular flexibility index (Phi) is 6.08. The molecule has 2 N–H and O–H groups in total. The Morgan fingerprint density at radius 3 is 2.39 bits per heavy atom. The molecule has 0 aliphatic carbocycles. The second-order valence-corrected chi connectivity index (χ2v) is 8.63. The molecule has 31 heavy (non-hydrogen) atoms. The van der Waals surface area contributed by atoms with Crippen molar-refractivity contribution in [1.29, 1.82) is 0 Å². The van der Waals surface area contributed by atoms with Crippen molar-refractivity contribution >= 4 is 21.6 Å². The number of sulfonamides is 1. The molecule has 8 heteroatoms. The van der Waals surface area contributed by atoms with E-state index in [-0.39, 0.29) is 22.1 Å². The lowest BCUT2D eigenvalue weighted by Gasteiger charge is -2.19. The number of amides is 1. The van der Waals surface area contributed by atoms with Gasteiger partial charge in [0.2, 0.25) is 0 Å². The Hall–Kier alpha value is -3.52. The zero-order chi connectivity index (χ0) is 21.7. The number of carbonyl (C=O) groups excluding carboxylic acids is 1. The summed E-state index contributed by atoms with van der Waals surface area (Å²) in [6, 6.07) is 20.7. The van der Waals surface area contributed by atoms with Gasteiger partial charge in [0.05, 0.1) is 16.1 Å². The lowest BCUT2D eigenvalue weighted by molar-refractivity contribution is 0.0955. The van der Waals surface area contributed by atoms with Gasteiger partial charge in [-0.15, -0.1) is 0 Å². The number of ether oxygens (including phenoxy) is 2. The maximum absolute atomic E-state index is 12.9. The van der Waals surface area contributed by atoms with E-state index in [1.807, 2.05) is 30.3 Å². The lowest BCUT2D eigenvalue weighted by Crippen LogP contribution is -2.27. The van der Waals surface area contributed by atoms with Crippen molar-refractivity contribution in [3.63, 3.8) is 0 Å². The van der Waals surface area contributed by atoms with E-state index < -0.39 is 10.0 Å². The van der Waals surface area contributed by atoms with E-state index in [1.54, 1.807) is 30.3 Å². The molecule has 160 valence electrons. The summed E-state index contributed by atoms with van der Waals surface area (Å²) < 4.78 is 39.3. The quantitative estimate of drug-likeness (QED) is 0.591. The van der Waals surface area contributed by atoms with E-state index in [0.29, 0.717) is 37.7 Å². The summed E-state index contributed by atoms with van der Waals surface area (Å²) >= 11 is 0. The van der Waals surface area contributed by atoms with Crippen LogP contribution in [0.1, 0.15) is 15.9 Å². The number of benzene rings is 3. The van der Waals surface area contributed by atoms with Gasteiger partial charge in [0.1, 0.15) is 13.2 Å². The second kappa shape index (κ2) is 9.09. The molecule has 1 heterocycles. The van der Waals surface area contributed by atoms with Crippen LogP contribution in [0.25, 0.3) is 0 Å². The molecular weight excluding hydrogens is 416 g/mol. The minimum atomic E-state index is -3.93. The summed E-state index contributed by atoms with van der Waals surface area (Å²) in [5.41, 5.74) is 1.56. The number of anilines is 1. The van der Waals surface area contributed by atoms with Crippen molar-refractivity contribution in [2.75, 3.05) is 24.5 Å². The Labute approximate surface area is 181 Å². The number of hydrogen-bond donors (Lipinski definition) is 2. The summed E-state index contributed by atoms with van der Waals surface area (Å²) in [6.07, 6.45) is 0.678. The van der Waals surface area contributed by atoms with Crippen LogP contribution in [0.15, 0.2) is 77.7 Å². The van der Waals surface area contributed by atoms with Crippen molar-refractivity contribution in [3.8, 4) is 11.5 Å². The maximum Gasteiger partial charge on any atom is 0.262 e. The molecule has 1 amide bonds. The first kappa shape index (κ1) is 20.7. The van der Waals surface area contributed by atoms with Crippen molar-refractivity contribution in [1.82, 2.24) is 5.32 Å². The predicted octanol–water partition coefficient (Wildman–Crippen LogP) is 3.23. The molecular formula is C23H22N2O5S. The van der Waals surface area contributed by atoms with Crippen molar-refractivity contribution < 1.29 is 22.7 Å². The van der Waals surface area contributed by atoms with Crippen molar-refractivity contribution in [2.45, 2.75) is 11.3 Å². The Balaban J connectivity index is 1.48. The van der Waals surface area contributed by atoms with Crippen LogP contribution >= 0.6 is 0 Å². The monoisotopic (exact) mass is 438 g/mol. The number of rotatable bonds is 7. The normalized spacial score (nSPS) is 12.8. The molecule has 0 spiro atoms. The zero-order valence-electron chi connectivity index (χ0n) is 16.7.